The van der Waals surface area contributed by atoms with Gasteiger partial charge in [0.1, 0.15) is 23.1 Å². The minimum atomic E-state index is -0.412. The van der Waals surface area contributed by atoms with Crippen LogP contribution in [0.4, 0.5) is 8.78 Å². The summed E-state index contributed by atoms with van der Waals surface area (Å²) in [6.07, 6.45) is 17.3. The zero-order chi connectivity index (χ0) is 25.8. The number of halogens is 2. The first kappa shape index (κ1) is 32.7. The molecule has 0 unspecified atom stereocenters. The van der Waals surface area contributed by atoms with E-state index in [9.17, 15) is 8.78 Å². The summed E-state index contributed by atoms with van der Waals surface area (Å²) in [7, 11) is 0. The van der Waals surface area contributed by atoms with E-state index < -0.39 is 11.6 Å². The molecule has 2 N–H and O–H groups in total. The minimum absolute atomic E-state index is 0. The molecule has 2 aromatic carbocycles. The fourth-order valence-electron chi connectivity index (χ4n) is 2.79. The van der Waals surface area contributed by atoms with Gasteiger partial charge in [0, 0.05) is 12.1 Å². The number of hydrogen-bond donors (Lipinski definition) is 2. The van der Waals surface area contributed by atoms with Gasteiger partial charge >= 0.3 is 26.2 Å². The van der Waals surface area contributed by atoms with E-state index in [1.807, 2.05) is 0 Å². The third-order valence-corrected chi connectivity index (χ3v) is 4.62. The van der Waals surface area contributed by atoms with E-state index in [0.29, 0.717) is 10.8 Å². The van der Waals surface area contributed by atoms with E-state index in [1.165, 1.54) is 47.5 Å². The van der Waals surface area contributed by atoms with Gasteiger partial charge in [-0.05, 0) is 35.1 Å². The molecule has 2 nitrogen and oxygen atoms in total. The molecule has 0 fully saturated rings. The van der Waals surface area contributed by atoms with Crippen LogP contribution in [0.2, 0.25) is 0 Å². The van der Waals surface area contributed by atoms with E-state index in [4.69, 9.17) is 10.2 Å². The second-order valence-corrected chi connectivity index (χ2v) is 9.85. The Kier molecular flexibility index (Phi) is 14.7. The number of benzene rings is 2. The van der Waals surface area contributed by atoms with Crippen molar-refractivity contribution in [2.24, 2.45) is 10.8 Å². The average molecular weight is 558 g/mol. The molecule has 4 rings (SSSR count). The van der Waals surface area contributed by atoms with E-state index in [0.717, 1.165) is 25.0 Å². The molecule has 35 heavy (non-hydrogen) atoms. The fourth-order valence-corrected chi connectivity index (χ4v) is 2.79. The molecule has 2 aromatic rings. The maximum absolute atomic E-state index is 12.0. The number of phenols is 2. The Balaban J connectivity index is 0.000000437. The van der Waals surface area contributed by atoms with Crippen LogP contribution in [0, 0.1) is 34.6 Å². The zero-order valence-electron chi connectivity index (χ0n) is 21.5. The number of phenolic OH excluding ortho intramolecular Hbond substituents is 2. The summed E-state index contributed by atoms with van der Waals surface area (Å²) in [5, 5.41) is 17.1. The molecule has 0 spiro atoms. The number of hydrogen-bond acceptors (Lipinski definition) is 2. The molecule has 0 bridgehead atoms. The van der Waals surface area contributed by atoms with Gasteiger partial charge in [-0.15, -0.1) is 12.8 Å². The SMILES string of the molecule is CC(C)(C)C1=[C-]CC=C1.CC(C)(C)C1=[C-]CC=C1.Oc1cccc(F)c1.Oc1cccc(F)c1.[Zr+2]. The largest absolute Gasteiger partial charge is 2.00 e. The smallest absolute Gasteiger partial charge is 0.508 e. The van der Waals surface area contributed by atoms with E-state index >= 15 is 0 Å². The van der Waals surface area contributed by atoms with Crippen molar-refractivity contribution < 1.29 is 45.2 Å². The molecule has 0 radical (unpaired) electrons. The van der Waals surface area contributed by atoms with Gasteiger partial charge in [-0.3, -0.25) is 12.2 Å². The summed E-state index contributed by atoms with van der Waals surface area (Å²) in [4.78, 5) is 0. The van der Waals surface area contributed by atoms with Crippen molar-refractivity contribution in [1.82, 2.24) is 0 Å². The van der Waals surface area contributed by atoms with Crippen molar-refractivity contribution in [2.75, 3.05) is 0 Å². The van der Waals surface area contributed by atoms with E-state index in [-0.39, 0.29) is 37.7 Å². The van der Waals surface area contributed by atoms with Crippen LogP contribution in [0.25, 0.3) is 0 Å². The molecule has 0 aliphatic heterocycles. The summed E-state index contributed by atoms with van der Waals surface area (Å²) in [5.41, 5.74) is 3.30. The molecule has 2 aliphatic carbocycles. The van der Waals surface area contributed by atoms with Crippen LogP contribution >= 0.6 is 0 Å². The van der Waals surface area contributed by atoms with Crippen LogP contribution in [0.5, 0.6) is 11.5 Å². The first-order chi connectivity index (χ1) is 15.8. The van der Waals surface area contributed by atoms with Gasteiger partial charge in [0.2, 0.25) is 0 Å². The van der Waals surface area contributed by atoms with Crippen LogP contribution in [-0.2, 0) is 26.2 Å². The van der Waals surface area contributed by atoms with Crippen molar-refractivity contribution in [2.45, 2.75) is 54.4 Å². The fraction of sp³-hybridized carbons (Fsp3) is 0.333. The second kappa shape index (κ2) is 15.7. The van der Waals surface area contributed by atoms with Gasteiger partial charge in [0.05, 0.1) is 0 Å². The van der Waals surface area contributed by atoms with Gasteiger partial charge < -0.3 is 10.2 Å². The van der Waals surface area contributed by atoms with Crippen molar-refractivity contribution >= 4 is 0 Å². The quantitative estimate of drug-likeness (QED) is 0.319. The first-order valence-corrected chi connectivity index (χ1v) is 11.2. The summed E-state index contributed by atoms with van der Waals surface area (Å²) in [5.74, 6) is -0.898. The predicted molar refractivity (Wildman–Crippen MR) is 136 cm³/mol. The van der Waals surface area contributed by atoms with Crippen LogP contribution in [0.15, 0.2) is 84.0 Å². The van der Waals surface area contributed by atoms with Crippen LogP contribution in [0.3, 0.4) is 0 Å². The molecule has 186 valence electrons. The van der Waals surface area contributed by atoms with Crippen molar-refractivity contribution in [3.8, 4) is 11.5 Å². The van der Waals surface area contributed by atoms with E-state index in [1.54, 1.807) is 0 Å². The van der Waals surface area contributed by atoms with E-state index in [2.05, 4.69) is 78.0 Å². The minimum Gasteiger partial charge on any atom is -0.508 e. The topological polar surface area (TPSA) is 40.5 Å². The number of aromatic hydroxyl groups is 2. The average Bonchev–Trinajstić information content (AvgIpc) is 3.43. The van der Waals surface area contributed by atoms with Gasteiger partial charge in [0.25, 0.3) is 0 Å². The Labute approximate surface area is 228 Å². The molecule has 0 atom stereocenters. The first-order valence-electron chi connectivity index (χ1n) is 11.2. The maximum atomic E-state index is 12.0. The molecule has 5 heteroatoms. The summed E-state index contributed by atoms with van der Waals surface area (Å²) in [6, 6.07) is 10.4. The Morgan fingerprint density at radius 2 is 1.00 bits per heavy atom. The van der Waals surface area contributed by atoms with Gasteiger partial charge in [-0.2, -0.15) is 12.2 Å². The zero-order valence-corrected chi connectivity index (χ0v) is 24.0. The molecule has 0 aromatic heterocycles. The molecule has 0 saturated heterocycles. The summed E-state index contributed by atoms with van der Waals surface area (Å²) < 4.78 is 24.0. The number of rotatable bonds is 0. The standard InChI is InChI=1S/2C9H13.2C6H5FO.Zr/c2*1-9(2,3)8-6-4-5-7-8;2*7-5-2-1-3-6(8)4-5;/h2*4,6H,5H2,1-3H3;2*1-4,8H;/q2*-1;;;+2. The van der Waals surface area contributed by atoms with Gasteiger partial charge in [-0.1, -0.05) is 53.7 Å². The molecule has 0 saturated carbocycles. The number of allylic oxidation sites excluding steroid dienone is 8. The second-order valence-electron chi connectivity index (χ2n) is 9.85. The monoisotopic (exact) mass is 556 g/mol. The molecule has 0 heterocycles. The van der Waals surface area contributed by atoms with Gasteiger partial charge in [-0.25, -0.2) is 32.1 Å². The third-order valence-electron chi connectivity index (χ3n) is 4.62. The molecular formula is C30H36F2O2Zr. The Morgan fingerprint density at radius 1 is 0.657 bits per heavy atom. The summed E-state index contributed by atoms with van der Waals surface area (Å²) in [6.45, 7) is 13.3. The van der Waals surface area contributed by atoms with Crippen molar-refractivity contribution in [1.29, 1.82) is 0 Å². The Hall–Kier alpha value is -2.26. The normalized spacial score (nSPS) is 13.6. The van der Waals surface area contributed by atoms with Gasteiger partial charge in [0.15, 0.2) is 0 Å². The predicted octanol–water partition coefficient (Wildman–Crippen LogP) is 8.50. The molecule has 0 amide bonds. The molecular weight excluding hydrogens is 522 g/mol. The maximum Gasteiger partial charge on any atom is 2.00 e. The Bertz CT molecular complexity index is 905. The summed E-state index contributed by atoms with van der Waals surface area (Å²) >= 11 is 0. The van der Waals surface area contributed by atoms with Crippen molar-refractivity contribution in [3.63, 3.8) is 0 Å². The molecule has 2 aliphatic rings. The van der Waals surface area contributed by atoms with Crippen LogP contribution < -0.4 is 0 Å². The third kappa shape index (κ3) is 14.7. The Morgan fingerprint density at radius 3 is 1.14 bits per heavy atom. The van der Waals surface area contributed by atoms with Crippen LogP contribution in [0.1, 0.15) is 54.4 Å². The van der Waals surface area contributed by atoms with Crippen molar-refractivity contribution in [3.05, 3.63) is 108 Å². The van der Waals surface area contributed by atoms with Crippen LogP contribution in [-0.4, -0.2) is 10.2 Å².